The van der Waals surface area contributed by atoms with E-state index >= 15 is 0 Å². The molecule has 0 aliphatic carbocycles. The van der Waals surface area contributed by atoms with E-state index in [1.165, 1.54) is 24.1 Å². The minimum absolute atomic E-state index is 0.631. The highest BCUT2D eigenvalue weighted by Gasteiger charge is 2.29. The number of benzene rings is 1. The van der Waals surface area contributed by atoms with E-state index in [4.69, 9.17) is 5.73 Å². The molecular weight excluding hydrogens is 196 g/mol. The summed E-state index contributed by atoms with van der Waals surface area (Å²) < 4.78 is 0. The molecule has 2 heteroatoms. The van der Waals surface area contributed by atoms with Crippen LogP contribution in [0.1, 0.15) is 24.5 Å². The summed E-state index contributed by atoms with van der Waals surface area (Å²) in [4.78, 5) is 2.54. The van der Waals surface area contributed by atoms with Gasteiger partial charge in [-0.15, -0.1) is 0 Å². The fourth-order valence-electron chi connectivity index (χ4n) is 2.54. The van der Waals surface area contributed by atoms with Gasteiger partial charge >= 0.3 is 0 Å². The van der Waals surface area contributed by atoms with E-state index in [0.717, 1.165) is 13.1 Å². The van der Waals surface area contributed by atoms with Crippen molar-refractivity contribution in [2.45, 2.75) is 32.9 Å². The number of nitrogens with zero attached hydrogens (tertiary/aromatic N) is 1. The Kier molecular flexibility index (Phi) is 3.62. The highest BCUT2D eigenvalue weighted by atomic mass is 15.2. The standard InChI is InChI=1S/C14H22N2/c1-11-3-5-13(6-4-11)10-16-8-7-14(9-15)12(16)2/h3-6,12,14H,7-10,15H2,1-2H3. The lowest BCUT2D eigenvalue weighted by atomic mass is 10.0. The van der Waals surface area contributed by atoms with Crippen molar-refractivity contribution < 1.29 is 0 Å². The van der Waals surface area contributed by atoms with Crippen molar-refractivity contribution in [1.82, 2.24) is 4.90 Å². The molecule has 0 aromatic heterocycles. The van der Waals surface area contributed by atoms with Gasteiger partial charge in [0, 0.05) is 12.6 Å². The smallest absolute Gasteiger partial charge is 0.0236 e. The number of hydrogen-bond acceptors (Lipinski definition) is 2. The summed E-state index contributed by atoms with van der Waals surface area (Å²) in [6, 6.07) is 9.48. The zero-order valence-electron chi connectivity index (χ0n) is 10.3. The predicted molar refractivity (Wildman–Crippen MR) is 68.2 cm³/mol. The Morgan fingerprint density at radius 3 is 2.56 bits per heavy atom. The van der Waals surface area contributed by atoms with E-state index in [-0.39, 0.29) is 0 Å². The fourth-order valence-corrected chi connectivity index (χ4v) is 2.54. The summed E-state index contributed by atoms with van der Waals surface area (Å²) in [7, 11) is 0. The first-order valence-corrected chi connectivity index (χ1v) is 6.20. The average Bonchev–Trinajstić information content (AvgIpc) is 2.63. The van der Waals surface area contributed by atoms with E-state index in [2.05, 4.69) is 43.0 Å². The molecule has 1 aliphatic heterocycles. The number of aryl methyl sites for hydroxylation is 1. The highest BCUT2D eigenvalue weighted by Crippen LogP contribution is 2.24. The topological polar surface area (TPSA) is 29.3 Å². The van der Waals surface area contributed by atoms with Gasteiger partial charge < -0.3 is 5.73 Å². The second-order valence-electron chi connectivity index (χ2n) is 4.98. The molecular formula is C14H22N2. The summed E-state index contributed by atoms with van der Waals surface area (Å²) >= 11 is 0. The van der Waals surface area contributed by atoms with Crippen molar-refractivity contribution in [2.24, 2.45) is 11.7 Å². The molecule has 1 aliphatic rings. The molecule has 1 saturated heterocycles. The van der Waals surface area contributed by atoms with Gasteiger partial charge in [0.1, 0.15) is 0 Å². The van der Waals surface area contributed by atoms with Crippen molar-refractivity contribution in [3.05, 3.63) is 35.4 Å². The number of nitrogens with two attached hydrogens (primary N) is 1. The second kappa shape index (κ2) is 4.98. The summed E-state index contributed by atoms with van der Waals surface area (Å²) in [5.74, 6) is 0.686. The Bertz CT molecular complexity index is 331. The van der Waals surface area contributed by atoms with Gasteiger partial charge in [-0.1, -0.05) is 29.8 Å². The second-order valence-corrected chi connectivity index (χ2v) is 4.98. The van der Waals surface area contributed by atoms with Gasteiger partial charge in [0.2, 0.25) is 0 Å². The van der Waals surface area contributed by atoms with Gasteiger partial charge in [0.15, 0.2) is 0 Å². The Hall–Kier alpha value is -0.860. The molecule has 2 rings (SSSR count). The summed E-state index contributed by atoms with van der Waals surface area (Å²) in [5, 5.41) is 0. The van der Waals surface area contributed by atoms with Crippen molar-refractivity contribution >= 4 is 0 Å². The number of likely N-dealkylation sites (tertiary alicyclic amines) is 1. The van der Waals surface area contributed by atoms with Crippen LogP contribution in [0.5, 0.6) is 0 Å². The quantitative estimate of drug-likeness (QED) is 0.842. The molecule has 0 spiro atoms. The van der Waals surface area contributed by atoms with Crippen LogP contribution in [0.15, 0.2) is 24.3 Å². The van der Waals surface area contributed by atoms with Gasteiger partial charge in [-0.05, 0) is 44.8 Å². The van der Waals surface area contributed by atoms with Crippen LogP contribution in [0.4, 0.5) is 0 Å². The molecule has 1 aromatic carbocycles. The van der Waals surface area contributed by atoms with E-state index in [9.17, 15) is 0 Å². The molecule has 2 atom stereocenters. The van der Waals surface area contributed by atoms with Crippen LogP contribution in [0.2, 0.25) is 0 Å². The molecule has 2 unspecified atom stereocenters. The molecule has 0 saturated carbocycles. The first kappa shape index (κ1) is 11.6. The van der Waals surface area contributed by atoms with Gasteiger partial charge in [-0.3, -0.25) is 4.90 Å². The van der Waals surface area contributed by atoms with Gasteiger partial charge in [-0.2, -0.15) is 0 Å². The van der Waals surface area contributed by atoms with Crippen molar-refractivity contribution in [3.63, 3.8) is 0 Å². The van der Waals surface area contributed by atoms with Crippen LogP contribution in [0.25, 0.3) is 0 Å². The van der Waals surface area contributed by atoms with Gasteiger partial charge in [-0.25, -0.2) is 0 Å². The first-order chi connectivity index (χ1) is 7.70. The molecule has 0 amide bonds. The minimum atomic E-state index is 0.631. The molecule has 1 aromatic rings. The molecule has 2 N–H and O–H groups in total. The van der Waals surface area contributed by atoms with Crippen molar-refractivity contribution in [3.8, 4) is 0 Å². The SMILES string of the molecule is Cc1ccc(CN2CCC(CN)C2C)cc1. The fraction of sp³-hybridized carbons (Fsp3) is 0.571. The monoisotopic (exact) mass is 218 g/mol. The molecule has 1 heterocycles. The van der Waals surface area contributed by atoms with Crippen LogP contribution >= 0.6 is 0 Å². The maximum Gasteiger partial charge on any atom is 0.0236 e. The Balaban J connectivity index is 1.98. The predicted octanol–water partition coefficient (Wildman–Crippen LogP) is 2.16. The van der Waals surface area contributed by atoms with Gasteiger partial charge in [0.05, 0.1) is 0 Å². The lowest BCUT2D eigenvalue weighted by Crippen LogP contribution is -2.32. The largest absolute Gasteiger partial charge is 0.330 e. The zero-order chi connectivity index (χ0) is 11.5. The maximum absolute atomic E-state index is 5.77. The normalized spacial score (nSPS) is 26.2. The molecule has 0 radical (unpaired) electrons. The molecule has 16 heavy (non-hydrogen) atoms. The van der Waals surface area contributed by atoms with E-state index in [1.807, 2.05) is 0 Å². The first-order valence-electron chi connectivity index (χ1n) is 6.20. The lowest BCUT2D eigenvalue weighted by Gasteiger charge is -2.24. The third-order valence-electron chi connectivity index (χ3n) is 3.85. The van der Waals surface area contributed by atoms with E-state index in [1.54, 1.807) is 0 Å². The molecule has 1 fully saturated rings. The van der Waals surface area contributed by atoms with Crippen LogP contribution in [0, 0.1) is 12.8 Å². The summed E-state index contributed by atoms with van der Waals surface area (Å²) in [6.07, 6.45) is 1.25. The zero-order valence-corrected chi connectivity index (χ0v) is 10.3. The van der Waals surface area contributed by atoms with Crippen LogP contribution in [-0.2, 0) is 6.54 Å². The minimum Gasteiger partial charge on any atom is -0.330 e. The summed E-state index contributed by atoms with van der Waals surface area (Å²) in [6.45, 7) is 7.52. The van der Waals surface area contributed by atoms with E-state index in [0.29, 0.717) is 12.0 Å². The van der Waals surface area contributed by atoms with Crippen LogP contribution < -0.4 is 5.73 Å². The van der Waals surface area contributed by atoms with Crippen LogP contribution in [0.3, 0.4) is 0 Å². The Morgan fingerprint density at radius 1 is 1.31 bits per heavy atom. The number of rotatable bonds is 3. The van der Waals surface area contributed by atoms with Crippen LogP contribution in [-0.4, -0.2) is 24.0 Å². The highest BCUT2D eigenvalue weighted by molar-refractivity contribution is 5.21. The maximum atomic E-state index is 5.77. The Morgan fingerprint density at radius 2 is 2.00 bits per heavy atom. The molecule has 2 nitrogen and oxygen atoms in total. The average molecular weight is 218 g/mol. The number of hydrogen-bond donors (Lipinski definition) is 1. The molecule has 88 valence electrons. The van der Waals surface area contributed by atoms with Crippen molar-refractivity contribution in [2.75, 3.05) is 13.1 Å². The third kappa shape index (κ3) is 2.45. The van der Waals surface area contributed by atoms with Crippen molar-refractivity contribution in [1.29, 1.82) is 0 Å². The third-order valence-corrected chi connectivity index (χ3v) is 3.85. The van der Waals surface area contributed by atoms with Gasteiger partial charge in [0.25, 0.3) is 0 Å². The summed E-state index contributed by atoms with van der Waals surface area (Å²) in [5.41, 5.74) is 8.52. The molecule has 0 bridgehead atoms. The Labute approximate surface area is 98.4 Å². The van der Waals surface area contributed by atoms with E-state index < -0.39 is 0 Å². The lowest BCUT2D eigenvalue weighted by molar-refractivity contribution is 0.235.